The number of hydroxylamine groups is 1. The predicted octanol–water partition coefficient (Wildman–Crippen LogP) is 1.98. The zero-order valence-corrected chi connectivity index (χ0v) is 11.1. The standard InChI is InChI=1S/C14H19NO4/c1-10(2)8-12(14(17)18)13(16)15-19-9-11-6-4-3-5-7-11/h3-7,10,12H,8-9H2,1-2H3,(H,15,16)(H,17,18). The minimum absolute atomic E-state index is 0.126. The van der Waals surface area contributed by atoms with Crippen molar-refractivity contribution in [1.29, 1.82) is 0 Å². The Labute approximate surface area is 112 Å². The van der Waals surface area contributed by atoms with E-state index in [1.165, 1.54) is 0 Å². The third-order valence-electron chi connectivity index (χ3n) is 2.58. The highest BCUT2D eigenvalue weighted by atomic mass is 16.6. The largest absolute Gasteiger partial charge is 0.481 e. The maximum atomic E-state index is 11.7. The first-order valence-corrected chi connectivity index (χ1v) is 6.19. The number of carboxylic acid groups (broad SMARTS) is 1. The van der Waals surface area contributed by atoms with Gasteiger partial charge in [-0.15, -0.1) is 0 Å². The van der Waals surface area contributed by atoms with Gasteiger partial charge in [0, 0.05) is 0 Å². The summed E-state index contributed by atoms with van der Waals surface area (Å²) >= 11 is 0. The molecule has 1 unspecified atom stereocenters. The molecule has 104 valence electrons. The maximum absolute atomic E-state index is 11.7. The highest BCUT2D eigenvalue weighted by Crippen LogP contribution is 2.12. The van der Waals surface area contributed by atoms with Gasteiger partial charge in [0.2, 0.25) is 0 Å². The Morgan fingerprint density at radius 3 is 2.42 bits per heavy atom. The fourth-order valence-electron chi connectivity index (χ4n) is 1.63. The van der Waals surface area contributed by atoms with E-state index < -0.39 is 17.8 Å². The third kappa shape index (κ3) is 5.52. The van der Waals surface area contributed by atoms with Gasteiger partial charge < -0.3 is 5.11 Å². The molecule has 0 aliphatic carbocycles. The van der Waals surface area contributed by atoms with Crippen LogP contribution in [0.5, 0.6) is 0 Å². The molecular formula is C14H19NO4. The van der Waals surface area contributed by atoms with E-state index in [9.17, 15) is 9.59 Å². The van der Waals surface area contributed by atoms with E-state index in [0.717, 1.165) is 5.56 Å². The van der Waals surface area contributed by atoms with Gasteiger partial charge in [-0.25, -0.2) is 5.48 Å². The number of carbonyl (C=O) groups is 2. The van der Waals surface area contributed by atoms with Crippen LogP contribution in [0.25, 0.3) is 0 Å². The van der Waals surface area contributed by atoms with Crippen LogP contribution in [0, 0.1) is 11.8 Å². The van der Waals surface area contributed by atoms with Crippen molar-refractivity contribution in [2.75, 3.05) is 0 Å². The summed E-state index contributed by atoms with van der Waals surface area (Å²) in [7, 11) is 0. The molecule has 0 aliphatic heterocycles. The maximum Gasteiger partial charge on any atom is 0.316 e. The van der Waals surface area contributed by atoms with Crippen LogP contribution in [0.3, 0.4) is 0 Å². The number of aliphatic carboxylic acids is 1. The molecule has 0 bridgehead atoms. The van der Waals surface area contributed by atoms with Crippen molar-refractivity contribution in [2.45, 2.75) is 26.9 Å². The molecular weight excluding hydrogens is 246 g/mol. The van der Waals surface area contributed by atoms with Gasteiger partial charge in [0.1, 0.15) is 5.92 Å². The minimum Gasteiger partial charge on any atom is -0.481 e. The van der Waals surface area contributed by atoms with Crippen molar-refractivity contribution in [3.05, 3.63) is 35.9 Å². The average Bonchev–Trinajstić information content (AvgIpc) is 2.36. The second-order valence-corrected chi connectivity index (χ2v) is 4.76. The summed E-state index contributed by atoms with van der Waals surface area (Å²) in [6, 6.07) is 9.31. The Hall–Kier alpha value is -1.88. The number of hydrogen-bond acceptors (Lipinski definition) is 3. The van der Waals surface area contributed by atoms with Crippen LogP contribution in [0.15, 0.2) is 30.3 Å². The van der Waals surface area contributed by atoms with Gasteiger partial charge in [-0.3, -0.25) is 14.4 Å². The number of carbonyl (C=O) groups excluding carboxylic acids is 1. The minimum atomic E-state index is -1.13. The van der Waals surface area contributed by atoms with Crippen molar-refractivity contribution < 1.29 is 19.5 Å². The summed E-state index contributed by atoms with van der Waals surface area (Å²) < 4.78 is 0. The lowest BCUT2D eigenvalue weighted by atomic mass is 9.97. The fraction of sp³-hybridized carbons (Fsp3) is 0.429. The second-order valence-electron chi connectivity index (χ2n) is 4.76. The zero-order valence-electron chi connectivity index (χ0n) is 11.1. The van der Waals surface area contributed by atoms with Crippen molar-refractivity contribution in [2.24, 2.45) is 11.8 Å². The van der Waals surface area contributed by atoms with E-state index in [1.54, 1.807) is 0 Å². The molecule has 0 aromatic heterocycles. The molecule has 1 amide bonds. The summed E-state index contributed by atoms with van der Waals surface area (Å²) in [5.74, 6) is -2.69. The first-order valence-electron chi connectivity index (χ1n) is 6.19. The summed E-state index contributed by atoms with van der Waals surface area (Å²) in [6.45, 7) is 3.95. The van der Waals surface area contributed by atoms with E-state index >= 15 is 0 Å². The number of benzene rings is 1. The van der Waals surface area contributed by atoms with Crippen molar-refractivity contribution in [3.63, 3.8) is 0 Å². The predicted molar refractivity (Wildman–Crippen MR) is 70.0 cm³/mol. The van der Waals surface area contributed by atoms with E-state index in [-0.39, 0.29) is 18.9 Å². The van der Waals surface area contributed by atoms with E-state index in [0.29, 0.717) is 0 Å². The van der Waals surface area contributed by atoms with Gasteiger partial charge >= 0.3 is 5.97 Å². The summed E-state index contributed by atoms with van der Waals surface area (Å²) in [4.78, 5) is 27.7. The number of amides is 1. The molecule has 0 radical (unpaired) electrons. The first kappa shape index (κ1) is 15.2. The Morgan fingerprint density at radius 2 is 1.89 bits per heavy atom. The third-order valence-corrected chi connectivity index (χ3v) is 2.58. The number of rotatable bonds is 7. The first-order chi connectivity index (χ1) is 9.00. The molecule has 5 nitrogen and oxygen atoms in total. The summed E-state index contributed by atoms with van der Waals surface area (Å²) in [5, 5.41) is 8.99. The molecule has 0 saturated heterocycles. The smallest absolute Gasteiger partial charge is 0.316 e. The summed E-state index contributed by atoms with van der Waals surface area (Å²) in [6.07, 6.45) is 0.288. The quantitative estimate of drug-likeness (QED) is 0.584. The Bertz CT molecular complexity index is 417. The van der Waals surface area contributed by atoms with Gasteiger partial charge in [-0.05, 0) is 17.9 Å². The Balaban J connectivity index is 2.42. The lowest BCUT2D eigenvalue weighted by molar-refractivity contribution is -0.153. The topological polar surface area (TPSA) is 75.6 Å². The van der Waals surface area contributed by atoms with Gasteiger partial charge in [0.05, 0.1) is 6.61 Å². The molecule has 0 saturated carbocycles. The van der Waals surface area contributed by atoms with Crippen LogP contribution in [0.4, 0.5) is 0 Å². The molecule has 1 aromatic carbocycles. The fourth-order valence-corrected chi connectivity index (χ4v) is 1.63. The van der Waals surface area contributed by atoms with Crippen LogP contribution >= 0.6 is 0 Å². The van der Waals surface area contributed by atoms with Crippen LogP contribution < -0.4 is 5.48 Å². The highest BCUT2D eigenvalue weighted by Gasteiger charge is 2.27. The van der Waals surface area contributed by atoms with Crippen LogP contribution in [-0.4, -0.2) is 17.0 Å². The van der Waals surface area contributed by atoms with Gasteiger partial charge in [0.25, 0.3) is 5.91 Å². The lowest BCUT2D eigenvalue weighted by Gasteiger charge is -2.14. The number of hydrogen-bond donors (Lipinski definition) is 2. The normalized spacial score (nSPS) is 12.2. The lowest BCUT2D eigenvalue weighted by Crippen LogP contribution is -2.36. The molecule has 19 heavy (non-hydrogen) atoms. The van der Waals surface area contributed by atoms with Crippen LogP contribution in [0.1, 0.15) is 25.8 Å². The molecule has 1 aromatic rings. The van der Waals surface area contributed by atoms with E-state index in [1.807, 2.05) is 44.2 Å². The molecule has 1 atom stereocenters. The molecule has 1 rings (SSSR count). The van der Waals surface area contributed by atoms with E-state index in [2.05, 4.69) is 5.48 Å². The summed E-state index contributed by atoms with van der Waals surface area (Å²) in [5.41, 5.74) is 3.10. The Kier molecular flexibility index (Phi) is 6.02. The van der Waals surface area contributed by atoms with Crippen molar-refractivity contribution in [3.8, 4) is 0 Å². The van der Waals surface area contributed by atoms with E-state index in [4.69, 9.17) is 9.94 Å². The highest BCUT2D eigenvalue weighted by molar-refractivity contribution is 5.96. The SMILES string of the molecule is CC(C)CC(C(=O)O)C(=O)NOCc1ccccc1. The van der Waals surface area contributed by atoms with Gasteiger partial charge in [0.15, 0.2) is 0 Å². The number of nitrogens with one attached hydrogen (secondary N) is 1. The molecule has 5 heteroatoms. The van der Waals surface area contributed by atoms with Crippen molar-refractivity contribution in [1.82, 2.24) is 5.48 Å². The molecule has 0 fully saturated rings. The van der Waals surface area contributed by atoms with Gasteiger partial charge in [-0.2, -0.15) is 0 Å². The monoisotopic (exact) mass is 265 g/mol. The second kappa shape index (κ2) is 7.53. The molecule has 0 spiro atoms. The van der Waals surface area contributed by atoms with Crippen LogP contribution in [-0.2, 0) is 21.0 Å². The number of carboxylic acids is 1. The molecule has 2 N–H and O–H groups in total. The zero-order chi connectivity index (χ0) is 14.3. The molecule has 0 aliphatic rings. The molecule has 0 heterocycles. The van der Waals surface area contributed by atoms with Crippen LogP contribution in [0.2, 0.25) is 0 Å². The van der Waals surface area contributed by atoms with Gasteiger partial charge in [-0.1, -0.05) is 44.2 Å². The van der Waals surface area contributed by atoms with Crippen molar-refractivity contribution >= 4 is 11.9 Å². The average molecular weight is 265 g/mol. The Morgan fingerprint density at radius 1 is 1.26 bits per heavy atom.